The van der Waals surface area contributed by atoms with Gasteiger partial charge in [-0.2, -0.15) is 0 Å². The molecule has 0 fully saturated rings. The van der Waals surface area contributed by atoms with E-state index in [-0.39, 0.29) is 0 Å². The number of nitrogens with zero attached hydrogens (tertiary/aromatic N) is 3. The highest BCUT2D eigenvalue weighted by molar-refractivity contribution is 5.32. The Morgan fingerprint density at radius 3 is 0.763 bits per heavy atom. The lowest BCUT2D eigenvalue weighted by Crippen LogP contribution is -1.82. The van der Waals surface area contributed by atoms with E-state index in [0.717, 1.165) is 5.69 Å². The molecule has 0 amide bonds. The van der Waals surface area contributed by atoms with Crippen molar-refractivity contribution in [3.8, 4) is 0 Å². The van der Waals surface area contributed by atoms with Gasteiger partial charge in [0.1, 0.15) is 0 Å². The average molecular weight is 1010 g/mol. The number of hydrogen-bond acceptors (Lipinski definition) is 3. The number of aromatic nitrogens is 3. The Kier molecular flexibility index (Phi) is 35.9. The summed E-state index contributed by atoms with van der Waals surface area (Å²) in [5.41, 5.74) is 21.1. The average Bonchev–Trinajstić information content (AvgIpc) is 3.40. The standard InChI is InChI=1S/C9H12.4C8H10.2C7H8.3C6H7N/c1-7-5-4-6-8(2)9(7)3;1-7-3-5-8(2)6-4-7;2*1-7-4-3-5-8(2)6-7;1-7-5-3-4-6-8(7)2;2*1-7-5-3-2-4-6-7;1-6-2-4-7-5-3-6;1-6-3-2-4-7-5-6;1-6-4-2-3-5-7-6/h4-6H,1-3H3;4*3-6H,1-2H3;2*2-6H,1H3;3*2-5H,1H3. The van der Waals surface area contributed by atoms with E-state index >= 15 is 0 Å². The number of aryl methyl sites for hydroxylation is 15. The van der Waals surface area contributed by atoms with Crippen molar-refractivity contribution in [3.05, 3.63) is 339 Å². The first-order chi connectivity index (χ1) is 36.4. The van der Waals surface area contributed by atoms with Gasteiger partial charge in [-0.3, -0.25) is 15.0 Å². The minimum absolute atomic E-state index is 1.07. The molecule has 0 saturated carbocycles. The molecule has 0 N–H and O–H groups in total. The maximum absolute atomic E-state index is 3.98. The van der Waals surface area contributed by atoms with Crippen LogP contribution in [0.15, 0.2) is 249 Å². The second-order valence-corrected chi connectivity index (χ2v) is 18.9. The summed E-state index contributed by atoms with van der Waals surface area (Å²) in [4.78, 5) is 11.7. The summed E-state index contributed by atoms with van der Waals surface area (Å²) in [6, 6.07) is 74.4. The van der Waals surface area contributed by atoms with Gasteiger partial charge in [0.15, 0.2) is 0 Å². The third-order valence-electron chi connectivity index (χ3n) is 11.2. The summed E-state index contributed by atoms with van der Waals surface area (Å²) in [5, 5.41) is 0. The molecule has 0 radical (unpaired) electrons. The molecule has 3 nitrogen and oxygen atoms in total. The fourth-order valence-electron chi connectivity index (χ4n) is 6.20. The first-order valence-corrected chi connectivity index (χ1v) is 26.1. The van der Waals surface area contributed by atoms with E-state index in [2.05, 4.69) is 244 Å². The second kappa shape index (κ2) is 41.4. The van der Waals surface area contributed by atoms with Crippen LogP contribution < -0.4 is 0 Å². The highest BCUT2D eigenvalue weighted by Crippen LogP contribution is 2.10. The van der Waals surface area contributed by atoms with Crippen molar-refractivity contribution in [2.45, 2.75) is 111 Å². The Balaban J connectivity index is 0.000000423. The molecule has 0 unspecified atom stereocenters. The molecule has 3 heteroatoms. The highest BCUT2D eigenvalue weighted by atomic mass is 14.6. The van der Waals surface area contributed by atoms with E-state index in [1.54, 1.807) is 24.8 Å². The third kappa shape index (κ3) is 36.8. The molecule has 10 rings (SSSR count). The van der Waals surface area contributed by atoms with Gasteiger partial charge in [0, 0.05) is 36.7 Å². The van der Waals surface area contributed by atoms with Gasteiger partial charge < -0.3 is 0 Å². The second-order valence-electron chi connectivity index (χ2n) is 18.9. The number of rotatable bonds is 0. The molecule has 0 atom stereocenters. The minimum atomic E-state index is 1.07. The normalized spacial score (nSPS) is 9.05. The van der Waals surface area contributed by atoms with Gasteiger partial charge in [-0.25, -0.2) is 0 Å². The Bertz CT molecular complexity index is 2580. The fraction of sp³-hybridized carbons (Fsp3) is 0.219. The lowest BCUT2D eigenvalue weighted by molar-refractivity contribution is 1.20. The molecule has 0 aliphatic carbocycles. The molecule has 3 aromatic heterocycles. The molecule has 0 bridgehead atoms. The van der Waals surface area contributed by atoms with Crippen LogP contribution in [0.25, 0.3) is 0 Å². The van der Waals surface area contributed by atoms with Crippen molar-refractivity contribution in [1.29, 1.82) is 0 Å². The summed E-state index contributed by atoms with van der Waals surface area (Å²) in [7, 11) is 0. The predicted octanol–water partition coefficient (Wildman–Crippen LogP) is 20.0. The quantitative estimate of drug-likeness (QED) is 0.152. The van der Waals surface area contributed by atoms with E-state index in [4.69, 9.17) is 0 Å². The molecular weight excluding hydrogens is 919 g/mol. The van der Waals surface area contributed by atoms with Crippen LogP contribution in [-0.2, 0) is 0 Å². The van der Waals surface area contributed by atoms with Crippen molar-refractivity contribution in [2.24, 2.45) is 0 Å². The number of benzene rings is 7. The van der Waals surface area contributed by atoms with Crippen molar-refractivity contribution in [3.63, 3.8) is 0 Å². The van der Waals surface area contributed by atoms with Crippen LogP contribution in [0.2, 0.25) is 0 Å². The zero-order chi connectivity index (χ0) is 56.4. The minimum Gasteiger partial charge on any atom is -0.265 e. The summed E-state index contributed by atoms with van der Waals surface area (Å²) in [6.45, 7) is 33.5. The Morgan fingerprint density at radius 2 is 0.539 bits per heavy atom. The number of pyridine rings is 3. The van der Waals surface area contributed by atoms with Crippen molar-refractivity contribution in [2.75, 3.05) is 0 Å². The van der Waals surface area contributed by atoms with Crippen molar-refractivity contribution in [1.82, 2.24) is 15.0 Å². The smallest absolute Gasteiger partial charge is 0.0372 e. The van der Waals surface area contributed by atoms with Crippen LogP contribution in [0.3, 0.4) is 0 Å². The van der Waals surface area contributed by atoms with Gasteiger partial charge in [-0.1, -0.05) is 233 Å². The van der Waals surface area contributed by atoms with Crippen LogP contribution in [-0.4, -0.2) is 15.0 Å². The summed E-state index contributed by atoms with van der Waals surface area (Å²) >= 11 is 0. The van der Waals surface area contributed by atoms with Crippen LogP contribution in [0.4, 0.5) is 0 Å². The Hall–Kier alpha value is -8.01. The Labute approximate surface area is 461 Å². The Morgan fingerprint density at radius 1 is 0.211 bits per heavy atom. The molecule has 0 saturated heterocycles. The summed E-state index contributed by atoms with van der Waals surface area (Å²) in [6.07, 6.45) is 8.97. The van der Waals surface area contributed by atoms with Gasteiger partial charge in [-0.05, 0) is 180 Å². The van der Waals surface area contributed by atoms with Crippen LogP contribution >= 0.6 is 0 Å². The zero-order valence-corrected chi connectivity index (χ0v) is 49.0. The maximum atomic E-state index is 3.98. The maximum Gasteiger partial charge on any atom is 0.0372 e. The fourth-order valence-corrected chi connectivity index (χ4v) is 6.20. The number of hydrogen-bond donors (Lipinski definition) is 0. The van der Waals surface area contributed by atoms with Crippen LogP contribution in [0.5, 0.6) is 0 Å². The van der Waals surface area contributed by atoms with Crippen molar-refractivity contribution < 1.29 is 0 Å². The molecule has 0 spiro atoms. The molecule has 76 heavy (non-hydrogen) atoms. The van der Waals surface area contributed by atoms with Gasteiger partial charge in [0.05, 0.1) is 0 Å². The monoisotopic (exact) mass is 1010 g/mol. The van der Waals surface area contributed by atoms with Gasteiger partial charge in [0.2, 0.25) is 0 Å². The molecule has 0 aliphatic heterocycles. The predicted molar refractivity (Wildman–Crippen MR) is 334 cm³/mol. The SMILES string of the molecule is Cc1ccc(C)cc1.Cc1cccc(C)c1.Cc1cccc(C)c1.Cc1cccc(C)c1C.Cc1ccccc1.Cc1ccccc1.Cc1ccccc1C.Cc1ccccn1.Cc1cccnc1.Cc1ccncc1. The van der Waals surface area contributed by atoms with Crippen LogP contribution in [0, 0.1) is 111 Å². The molecule has 396 valence electrons. The third-order valence-corrected chi connectivity index (χ3v) is 11.2. The molecular formula is C73H89N3. The van der Waals surface area contributed by atoms with E-state index in [9.17, 15) is 0 Å². The van der Waals surface area contributed by atoms with Crippen LogP contribution in [0.1, 0.15) is 89.1 Å². The van der Waals surface area contributed by atoms with Gasteiger partial charge in [0.25, 0.3) is 0 Å². The first-order valence-electron chi connectivity index (χ1n) is 26.1. The highest BCUT2D eigenvalue weighted by Gasteiger charge is 1.92. The molecule has 7 aromatic carbocycles. The lowest BCUT2D eigenvalue weighted by Gasteiger charge is -2.00. The van der Waals surface area contributed by atoms with Gasteiger partial charge in [-0.15, -0.1) is 0 Å². The first kappa shape index (κ1) is 66.0. The summed E-state index contributed by atoms with van der Waals surface area (Å²) < 4.78 is 0. The van der Waals surface area contributed by atoms with E-state index < -0.39 is 0 Å². The summed E-state index contributed by atoms with van der Waals surface area (Å²) in [5.74, 6) is 0. The van der Waals surface area contributed by atoms with E-state index in [1.807, 2.05) is 106 Å². The topological polar surface area (TPSA) is 38.7 Å². The molecule has 10 aromatic rings. The zero-order valence-electron chi connectivity index (χ0n) is 49.0. The van der Waals surface area contributed by atoms with Crippen molar-refractivity contribution >= 4 is 0 Å². The molecule has 0 aliphatic rings. The van der Waals surface area contributed by atoms with E-state index in [1.165, 1.54) is 83.5 Å². The van der Waals surface area contributed by atoms with E-state index in [0.29, 0.717) is 0 Å². The molecule has 3 heterocycles. The largest absolute Gasteiger partial charge is 0.265 e. The lowest BCUT2D eigenvalue weighted by atomic mass is 10.1. The van der Waals surface area contributed by atoms with Gasteiger partial charge >= 0.3 is 0 Å².